The number of benzene rings is 2. The summed E-state index contributed by atoms with van der Waals surface area (Å²) in [6.45, 7) is 0.569. The molecule has 0 saturated heterocycles. The van der Waals surface area contributed by atoms with E-state index in [9.17, 15) is 4.79 Å². The van der Waals surface area contributed by atoms with Gasteiger partial charge in [-0.3, -0.25) is 4.79 Å². The van der Waals surface area contributed by atoms with Crippen molar-refractivity contribution in [1.82, 2.24) is 5.32 Å². The topological polar surface area (TPSA) is 47.6 Å². The molecule has 116 valence electrons. The molecule has 2 rings (SSSR count). The molecule has 5 heteroatoms. The van der Waals surface area contributed by atoms with Crippen LogP contribution >= 0.6 is 22.6 Å². The van der Waals surface area contributed by atoms with Gasteiger partial charge in [0, 0.05) is 10.1 Å². The van der Waals surface area contributed by atoms with Crippen LogP contribution in [0.2, 0.25) is 0 Å². The molecule has 0 aliphatic heterocycles. The molecule has 0 atom stereocenters. The van der Waals surface area contributed by atoms with Crippen LogP contribution in [-0.2, 0) is 6.42 Å². The summed E-state index contributed by atoms with van der Waals surface area (Å²) < 4.78 is 11.4. The highest BCUT2D eigenvalue weighted by Crippen LogP contribution is 2.27. The number of halogens is 1. The zero-order valence-corrected chi connectivity index (χ0v) is 14.7. The number of nitrogens with one attached hydrogen (secondary N) is 1. The van der Waals surface area contributed by atoms with E-state index < -0.39 is 0 Å². The van der Waals surface area contributed by atoms with Crippen LogP contribution in [0.15, 0.2) is 42.5 Å². The zero-order chi connectivity index (χ0) is 15.9. The fraction of sp³-hybridized carbons (Fsp3) is 0.235. The Labute approximate surface area is 144 Å². The van der Waals surface area contributed by atoms with Gasteiger partial charge in [0.1, 0.15) is 0 Å². The summed E-state index contributed by atoms with van der Waals surface area (Å²) in [6.07, 6.45) is 0.732. The number of hydrogen-bond donors (Lipinski definition) is 1. The first kappa shape index (κ1) is 16.6. The number of ether oxygens (including phenoxy) is 2. The number of carbonyl (C=O) groups is 1. The van der Waals surface area contributed by atoms with Crippen molar-refractivity contribution in [2.75, 3.05) is 20.8 Å². The molecule has 2 aromatic carbocycles. The summed E-state index contributed by atoms with van der Waals surface area (Å²) in [5, 5.41) is 2.94. The van der Waals surface area contributed by atoms with Crippen molar-refractivity contribution in [2.24, 2.45) is 0 Å². The van der Waals surface area contributed by atoms with Gasteiger partial charge in [0.2, 0.25) is 0 Å². The average Bonchev–Trinajstić information content (AvgIpc) is 2.55. The lowest BCUT2D eigenvalue weighted by Crippen LogP contribution is -2.26. The molecule has 0 heterocycles. The first-order chi connectivity index (χ1) is 10.7. The van der Waals surface area contributed by atoms with Crippen molar-refractivity contribution in [3.63, 3.8) is 0 Å². The normalized spacial score (nSPS) is 10.1. The van der Waals surface area contributed by atoms with Gasteiger partial charge >= 0.3 is 0 Å². The van der Waals surface area contributed by atoms with Crippen molar-refractivity contribution < 1.29 is 14.3 Å². The van der Waals surface area contributed by atoms with Gasteiger partial charge in [0.15, 0.2) is 11.5 Å². The van der Waals surface area contributed by atoms with E-state index in [-0.39, 0.29) is 5.91 Å². The first-order valence-corrected chi connectivity index (χ1v) is 7.97. The van der Waals surface area contributed by atoms with Crippen LogP contribution in [0.25, 0.3) is 0 Å². The van der Waals surface area contributed by atoms with Crippen molar-refractivity contribution in [1.29, 1.82) is 0 Å². The van der Waals surface area contributed by atoms with Gasteiger partial charge in [-0.05, 0) is 58.8 Å². The van der Waals surface area contributed by atoms with Gasteiger partial charge in [0.25, 0.3) is 5.91 Å². The largest absolute Gasteiger partial charge is 0.493 e. The average molecular weight is 411 g/mol. The molecule has 1 N–H and O–H groups in total. The smallest absolute Gasteiger partial charge is 0.252 e. The molecular formula is C17H18INO3. The molecule has 1 amide bonds. The molecule has 0 fully saturated rings. The minimum absolute atomic E-state index is 0.0505. The summed E-state index contributed by atoms with van der Waals surface area (Å²) in [6, 6.07) is 13.3. The highest BCUT2D eigenvalue weighted by Gasteiger charge is 2.09. The Balaban J connectivity index is 1.94. The Bertz CT molecular complexity index is 658. The van der Waals surface area contributed by atoms with Crippen LogP contribution in [0, 0.1) is 3.57 Å². The number of carbonyl (C=O) groups excluding carboxylic acids is 1. The lowest BCUT2D eigenvalue weighted by molar-refractivity contribution is 0.0953. The number of methoxy groups -OCH3 is 2. The number of amides is 1. The SMILES string of the molecule is COc1ccc(CCNC(=O)c2ccccc2I)cc1OC. The predicted molar refractivity (Wildman–Crippen MR) is 94.7 cm³/mol. The summed E-state index contributed by atoms with van der Waals surface area (Å²) in [7, 11) is 3.22. The molecule has 0 radical (unpaired) electrons. The van der Waals surface area contributed by atoms with Crippen LogP contribution in [0.1, 0.15) is 15.9 Å². The van der Waals surface area contributed by atoms with Gasteiger partial charge in [-0.1, -0.05) is 18.2 Å². The molecule has 0 aromatic heterocycles. The van der Waals surface area contributed by atoms with Gasteiger partial charge in [-0.25, -0.2) is 0 Å². The molecular weight excluding hydrogens is 393 g/mol. The highest BCUT2D eigenvalue weighted by molar-refractivity contribution is 14.1. The molecule has 0 spiro atoms. The van der Waals surface area contributed by atoms with E-state index in [0.717, 1.165) is 15.6 Å². The standard InChI is InChI=1S/C17H18INO3/c1-21-15-8-7-12(11-16(15)22-2)9-10-19-17(20)13-5-3-4-6-14(13)18/h3-8,11H,9-10H2,1-2H3,(H,19,20). The Morgan fingerprint density at radius 2 is 1.82 bits per heavy atom. The van der Waals surface area contributed by atoms with Gasteiger partial charge in [-0.15, -0.1) is 0 Å². The van der Waals surface area contributed by atoms with E-state index in [0.29, 0.717) is 23.6 Å². The monoisotopic (exact) mass is 411 g/mol. The van der Waals surface area contributed by atoms with E-state index in [1.807, 2.05) is 42.5 Å². The maximum atomic E-state index is 12.1. The molecule has 0 aliphatic rings. The van der Waals surface area contributed by atoms with Crippen molar-refractivity contribution >= 4 is 28.5 Å². The van der Waals surface area contributed by atoms with E-state index in [4.69, 9.17) is 9.47 Å². The Morgan fingerprint density at radius 3 is 2.50 bits per heavy atom. The molecule has 0 saturated carbocycles. The third kappa shape index (κ3) is 4.13. The Hall–Kier alpha value is -1.76. The van der Waals surface area contributed by atoms with E-state index in [1.54, 1.807) is 14.2 Å². The molecule has 22 heavy (non-hydrogen) atoms. The maximum absolute atomic E-state index is 12.1. The fourth-order valence-electron chi connectivity index (χ4n) is 2.10. The molecule has 4 nitrogen and oxygen atoms in total. The van der Waals surface area contributed by atoms with Crippen molar-refractivity contribution in [2.45, 2.75) is 6.42 Å². The summed E-state index contributed by atoms with van der Waals surface area (Å²) in [5.74, 6) is 1.35. The third-order valence-corrected chi connectivity index (χ3v) is 4.21. The minimum atomic E-state index is -0.0505. The Kier molecular flexibility index (Phi) is 6.06. The second kappa shape index (κ2) is 8.03. The van der Waals surface area contributed by atoms with Gasteiger partial charge in [-0.2, -0.15) is 0 Å². The summed E-state index contributed by atoms with van der Waals surface area (Å²) >= 11 is 2.16. The van der Waals surface area contributed by atoms with Gasteiger partial charge in [0.05, 0.1) is 19.8 Å². The molecule has 0 unspecified atom stereocenters. The van der Waals surface area contributed by atoms with Crippen LogP contribution in [0.5, 0.6) is 11.5 Å². The van der Waals surface area contributed by atoms with Crippen molar-refractivity contribution in [3.8, 4) is 11.5 Å². The third-order valence-electron chi connectivity index (χ3n) is 3.27. The van der Waals surface area contributed by atoms with Crippen LogP contribution < -0.4 is 14.8 Å². The quantitative estimate of drug-likeness (QED) is 0.743. The Morgan fingerprint density at radius 1 is 1.09 bits per heavy atom. The van der Waals surface area contributed by atoms with Crippen LogP contribution in [0.3, 0.4) is 0 Å². The van der Waals surface area contributed by atoms with Crippen molar-refractivity contribution in [3.05, 3.63) is 57.2 Å². The number of rotatable bonds is 6. The maximum Gasteiger partial charge on any atom is 0.252 e. The summed E-state index contributed by atoms with van der Waals surface area (Å²) in [4.78, 5) is 12.1. The number of hydrogen-bond acceptors (Lipinski definition) is 3. The molecule has 0 aliphatic carbocycles. The summed E-state index contributed by atoms with van der Waals surface area (Å²) in [5.41, 5.74) is 1.79. The highest BCUT2D eigenvalue weighted by atomic mass is 127. The van der Waals surface area contributed by atoms with E-state index >= 15 is 0 Å². The van der Waals surface area contributed by atoms with Crippen LogP contribution in [0.4, 0.5) is 0 Å². The zero-order valence-electron chi connectivity index (χ0n) is 12.6. The van der Waals surface area contributed by atoms with Crippen LogP contribution in [-0.4, -0.2) is 26.7 Å². The lowest BCUT2D eigenvalue weighted by Gasteiger charge is -2.10. The van der Waals surface area contributed by atoms with E-state index in [2.05, 4.69) is 27.9 Å². The second-order valence-corrected chi connectivity index (χ2v) is 5.84. The second-order valence-electron chi connectivity index (χ2n) is 4.68. The minimum Gasteiger partial charge on any atom is -0.493 e. The fourth-order valence-corrected chi connectivity index (χ4v) is 2.73. The van der Waals surface area contributed by atoms with Gasteiger partial charge < -0.3 is 14.8 Å². The molecule has 0 bridgehead atoms. The first-order valence-electron chi connectivity index (χ1n) is 6.89. The lowest BCUT2D eigenvalue weighted by atomic mass is 10.1. The van der Waals surface area contributed by atoms with E-state index in [1.165, 1.54) is 0 Å². The predicted octanol–water partition coefficient (Wildman–Crippen LogP) is 3.28. The molecule has 2 aromatic rings.